The molecule has 0 fully saturated rings. The van der Waals surface area contributed by atoms with Crippen molar-refractivity contribution < 1.29 is 9.53 Å². The Kier molecular flexibility index (Phi) is 6.21. The summed E-state index contributed by atoms with van der Waals surface area (Å²) in [5.74, 6) is 0.227. The third kappa shape index (κ3) is 4.34. The van der Waals surface area contributed by atoms with Crippen LogP contribution < -0.4 is 5.73 Å². The number of carbonyl (C=O) groups is 1. The molecule has 112 valence electrons. The quantitative estimate of drug-likeness (QED) is 0.779. The van der Waals surface area contributed by atoms with Crippen LogP contribution >= 0.6 is 0 Å². The second-order valence-corrected chi connectivity index (χ2v) is 5.97. The standard InChI is InChI=1S/C17H27NO2/c1-5-20-16(19)17(12-18,10-13(2)3)11-15-8-6-7-14(4)9-15/h6-9,13H,5,10-12,18H2,1-4H3. The SMILES string of the molecule is CCOC(=O)C(CN)(Cc1cccc(C)c1)CC(C)C. The Morgan fingerprint density at radius 2 is 2.10 bits per heavy atom. The lowest BCUT2D eigenvalue weighted by Gasteiger charge is -2.32. The van der Waals surface area contributed by atoms with Crippen molar-refractivity contribution in [2.24, 2.45) is 17.1 Å². The number of nitrogens with two attached hydrogens (primary N) is 1. The zero-order valence-electron chi connectivity index (χ0n) is 13.1. The second-order valence-electron chi connectivity index (χ2n) is 5.97. The van der Waals surface area contributed by atoms with Gasteiger partial charge in [-0.05, 0) is 38.2 Å². The molecule has 0 aromatic heterocycles. The molecule has 0 amide bonds. The Morgan fingerprint density at radius 3 is 2.60 bits per heavy atom. The zero-order chi connectivity index (χ0) is 15.2. The van der Waals surface area contributed by atoms with E-state index in [0.29, 0.717) is 25.5 Å². The normalized spacial score (nSPS) is 14.1. The van der Waals surface area contributed by atoms with E-state index in [2.05, 4.69) is 39.0 Å². The molecule has 3 nitrogen and oxygen atoms in total. The van der Waals surface area contributed by atoms with E-state index >= 15 is 0 Å². The molecule has 2 N–H and O–H groups in total. The fraction of sp³-hybridized carbons (Fsp3) is 0.588. The zero-order valence-corrected chi connectivity index (χ0v) is 13.1. The predicted molar refractivity (Wildman–Crippen MR) is 82.5 cm³/mol. The molecule has 1 unspecified atom stereocenters. The average Bonchev–Trinajstić information content (AvgIpc) is 2.37. The Balaban J connectivity index is 3.05. The number of benzene rings is 1. The summed E-state index contributed by atoms with van der Waals surface area (Å²) in [6.07, 6.45) is 1.39. The monoisotopic (exact) mass is 277 g/mol. The Hall–Kier alpha value is -1.35. The van der Waals surface area contributed by atoms with Gasteiger partial charge in [0.2, 0.25) is 0 Å². The van der Waals surface area contributed by atoms with Crippen LogP contribution in [0.25, 0.3) is 0 Å². The molecule has 1 rings (SSSR count). The first kappa shape index (κ1) is 16.7. The van der Waals surface area contributed by atoms with Gasteiger partial charge in [0.1, 0.15) is 0 Å². The Labute approximate surface area is 122 Å². The molecule has 0 bridgehead atoms. The first-order valence-corrected chi connectivity index (χ1v) is 7.36. The minimum atomic E-state index is -0.613. The van der Waals surface area contributed by atoms with Crippen LogP contribution in [0, 0.1) is 18.3 Å². The first-order chi connectivity index (χ1) is 9.43. The minimum absolute atomic E-state index is 0.169. The van der Waals surface area contributed by atoms with Gasteiger partial charge < -0.3 is 10.5 Å². The number of aryl methyl sites for hydroxylation is 1. The number of rotatable bonds is 7. The molecule has 0 saturated heterocycles. The van der Waals surface area contributed by atoms with Gasteiger partial charge in [-0.15, -0.1) is 0 Å². The minimum Gasteiger partial charge on any atom is -0.466 e. The van der Waals surface area contributed by atoms with Gasteiger partial charge in [0.25, 0.3) is 0 Å². The molecule has 0 radical (unpaired) electrons. The summed E-state index contributed by atoms with van der Waals surface area (Å²) >= 11 is 0. The third-order valence-electron chi connectivity index (χ3n) is 3.52. The molecule has 0 aliphatic heterocycles. The molecule has 1 atom stereocenters. The van der Waals surface area contributed by atoms with Crippen molar-refractivity contribution in [2.45, 2.75) is 40.5 Å². The van der Waals surface area contributed by atoms with Crippen LogP contribution in [-0.2, 0) is 16.0 Å². The first-order valence-electron chi connectivity index (χ1n) is 7.36. The Bertz CT molecular complexity index is 442. The van der Waals surface area contributed by atoms with Crippen LogP contribution in [-0.4, -0.2) is 19.1 Å². The summed E-state index contributed by atoms with van der Waals surface area (Å²) in [5, 5.41) is 0. The summed E-state index contributed by atoms with van der Waals surface area (Å²) in [5.41, 5.74) is 7.70. The molecule has 0 aliphatic carbocycles. The number of hydrogen-bond donors (Lipinski definition) is 1. The highest BCUT2D eigenvalue weighted by atomic mass is 16.5. The van der Waals surface area contributed by atoms with Crippen molar-refractivity contribution >= 4 is 5.97 Å². The largest absolute Gasteiger partial charge is 0.466 e. The molecule has 1 aromatic rings. The summed E-state index contributed by atoms with van der Waals surface area (Å²) in [6, 6.07) is 8.24. The lowest BCUT2D eigenvalue weighted by molar-refractivity contribution is -0.156. The third-order valence-corrected chi connectivity index (χ3v) is 3.52. The van der Waals surface area contributed by atoms with Crippen molar-refractivity contribution in [3.63, 3.8) is 0 Å². The van der Waals surface area contributed by atoms with Crippen LogP contribution in [0.1, 0.15) is 38.3 Å². The van der Waals surface area contributed by atoms with Crippen molar-refractivity contribution in [3.05, 3.63) is 35.4 Å². The summed E-state index contributed by atoms with van der Waals surface area (Å²) in [4.78, 5) is 12.4. The molecule has 1 aromatic carbocycles. The molecular weight excluding hydrogens is 250 g/mol. The highest BCUT2D eigenvalue weighted by Gasteiger charge is 2.39. The number of ether oxygens (including phenoxy) is 1. The number of hydrogen-bond acceptors (Lipinski definition) is 3. The van der Waals surface area contributed by atoms with E-state index < -0.39 is 5.41 Å². The van der Waals surface area contributed by atoms with Gasteiger partial charge in [0.15, 0.2) is 0 Å². The van der Waals surface area contributed by atoms with E-state index in [-0.39, 0.29) is 5.97 Å². The fourth-order valence-corrected chi connectivity index (χ4v) is 2.75. The molecule has 0 spiro atoms. The maximum Gasteiger partial charge on any atom is 0.313 e. The van der Waals surface area contributed by atoms with E-state index in [1.807, 2.05) is 13.0 Å². The van der Waals surface area contributed by atoms with Gasteiger partial charge in [-0.25, -0.2) is 0 Å². The highest BCUT2D eigenvalue weighted by molar-refractivity contribution is 5.77. The summed E-state index contributed by atoms with van der Waals surface area (Å²) < 4.78 is 5.28. The molecule has 3 heteroatoms. The number of carbonyl (C=O) groups excluding carboxylic acids is 1. The topological polar surface area (TPSA) is 52.3 Å². The molecule has 0 aliphatic rings. The van der Waals surface area contributed by atoms with Crippen molar-refractivity contribution in [1.29, 1.82) is 0 Å². The summed E-state index contributed by atoms with van der Waals surface area (Å²) in [7, 11) is 0. The molecule has 20 heavy (non-hydrogen) atoms. The average molecular weight is 277 g/mol. The van der Waals surface area contributed by atoms with Gasteiger partial charge in [-0.1, -0.05) is 43.7 Å². The van der Waals surface area contributed by atoms with E-state index in [0.717, 1.165) is 12.0 Å². The summed E-state index contributed by atoms with van der Waals surface area (Å²) in [6.45, 7) is 8.83. The fourth-order valence-electron chi connectivity index (χ4n) is 2.75. The highest BCUT2D eigenvalue weighted by Crippen LogP contribution is 2.32. The van der Waals surface area contributed by atoms with Crippen LogP contribution in [0.2, 0.25) is 0 Å². The smallest absolute Gasteiger partial charge is 0.313 e. The van der Waals surface area contributed by atoms with Gasteiger partial charge in [0.05, 0.1) is 12.0 Å². The van der Waals surface area contributed by atoms with E-state index in [9.17, 15) is 4.79 Å². The Morgan fingerprint density at radius 1 is 1.40 bits per heavy atom. The molecular formula is C17H27NO2. The lowest BCUT2D eigenvalue weighted by Crippen LogP contribution is -2.43. The molecule has 0 saturated carbocycles. The maximum atomic E-state index is 12.4. The van der Waals surface area contributed by atoms with Crippen LogP contribution in [0.5, 0.6) is 0 Å². The molecule has 0 heterocycles. The lowest BCUT2D eigenvalue weighted by atomic mass is 9.75. The van der Waals surface area contributed by atoms with Crippen molar-refractivity contribution in [1.82, 2.24) is 0 Å². The van der Waals surface area contributed by atoms with E-state index in [1.54, 1.807) is 0 Å². The van der Waals surface area contributed by atoms with Crippen LogP contribution in [0.3, 0.4) is 0 Å². The van der Waals surface area contributed by atoms with Gasteiger partial charge in [0, 0.05) is 6.54 Å². The van der Waals surface area contributed by atoms with Crippen molar-refractivity contribution in [2.75, 3.05) is 13.2 Å². The van der Waals surface area contributed by atoms with Crippen molar-refractivity contribution in [3.8, 4) is 0 Å². The van der Waals surface area contributed by atoms with Gasteiger partial charge in [-0.3, -0.25) is 4.79 Å². The van der Waals surface area contributed by atoms with Gasteiger partial charge >= 0.3 is 5.97 Å². The van der Waals surface area contributed by atoms with Gasteiger partial charge in [-0.2, -0.15) is 0 Å². The van der Waals surface area contributed by atoms with E-state index in [4.69, 9.17) is 10.5 Å². The number of esters is 1. The maximum absolute atomic E-state index is 12.4. The van der Waals surface area contributed by atoms with Crippen LogP contribution in [0.4, 0.5) is 0 Å². The second kappa shape index (κ2) is 7.44. The van der Waals surface area contributed by atoms with E-state index in [1.165, 1.54) is 5.56 Å². The van der Waals surface area contributed by atoms with Crippen LogP contribution in [0.15, 0.2) is 24.3 Å². The predicted octanol–water partition coefficient (Wildman–Crippen LogP) is 3.09.